The summed E-state index contributed by atoms with van der Waals surface area (Å²) in [5.74, 6) is -1.12. The fourth-order valence-electron chi connectivity index (χ4n) is 2.63. The lowest BCUT2D eigenvalue weighted by Gasteiger charge is -2.39. The Hall–Kier alpha value is -1.84. The normalized spacial score (nSPS) is 17.1. The first-order valence-electron chi connectivity index (χ1n) is 6.96. The average Bonchev–Trinajstić information content (AvgIpc) is 2.34. The van der Waals surface area contributed by atoms with Crippen molar-refractivity contribution >= 4 is 11.9 Å². The molecule has 0 saturated heterocycles. The molecule has 1 aliphatic carbocycles. The Morgan fingerprint density at radius 3 is 2.30 bits per heavy atom. The van der Waals surface area contributed by atoms with Crippen molar-refractivity contribution in [2.45, 2.75) is 50.5 Å². The van der Waals surface area contributed by atoms with Gasteiger partial charge in [0, 0.05) is 6.42 Å². The third-order valence-corrected chi connectivity index (χ3v) is 4.15. The van der Waals surface area contributed by atoms with Gasteiger partial charge in [0.15, 0.2) is 0 Å². The van der Waals surface area contributed by atoms with Crippen molar-refractivity contribution < 1.29 is 14.7 Å². The number of amides is 1. The maximum absolute atomic E-state index is 12.2. The van der Waals surface area contributed by atoms with E-state index in [1.807, 2.05) is 44.2 Å². The quantitative estimate of drug-likeness (QED) is 0.867. The maximum atomic E-state index is 12.2. The summed E-state index contributed by atoms with van der Waals surface area (Å²) in [5.41, 5.74) is -0.258. The first kappa shape index (κ1) is 14.6. The topological polar surface area (TPSA) is 66.4 Å². The van der Waals surface area contributed by atoms with Crippen LogP contribution in [0.25, 0.3) is 0 Å². The summed E-state index contributed by atoms with van der Waals surface area (Å²) in [6.07, 6.45) is 2.19. The van der Waals surface area contributed by atoms with Crippen molar-refractivity contribution in [2.75, 3.05) is 0 Å². The molecule has 0 aromatic heterocycles. The van der Waals surface area contributed by atoms with E-state index in [1.165, 1.54) is 0 Å². The smallest absolute Gasteiger partial charge is 0.329 e. The van der Waals surface area contributed by atoms with Gasteiger partial charge in [-0.2, -0.15) is 0 Å². The minimum Gasteiger partial charge on any atom is -0.480 e. The number of rotatable bonds is 5. The van der Waals surface area contributed by atoms with Crippen LogP contribution in [0.2, 0.25) is 0 Å². The molecule has 0 aliphatic heterocycles. The van der Waals surface area contributed by atoms with Crippen molar-refractivity contribution in [1.29, 1.82) is 0 Å². The van der Waals surface area contributed by atoms with Crippen molar-refractivity contribution in [3.05, 3.63) is 35.9 Å². The second-order valence-electron chi connectivity index (χ2n) is 6.22. The Morgan fingerprint density at radius 2 is 1.85 bits per heavy atom. The van der Waals surface area contributed by atoms with Crippen LogP contribution in [0.5, 0.6) is 0 Å². The lowest BCUT2D eigenvalue weighted by molar-refractivity contribution is -0.152. The highest BCUT2D eigenvalue weighted by Crippen LogP contribution is 2.33. The van der Waals surface area contributed by atoms with E-state index in [0.29, 0.717) is 12.8 Å². The Morgan fingerprint density at radius 1 is 1.25 bits per heavy atom. The van der Waals surface area contributed by atoms with Crippen LogP contribution in [0.3, 0.4) is 0 Å². The van der Waals surface area contributed by atoms with Crippen LogP contribution in [0.4, 0.5) is 0 Å². The number of carbonyl (C=O) groups is 2. The lowest BCUT2D eigenvalue weighted by atomic mass is 9.75. The zero-order chi connectivity index (χ0) is 14.8. The van der Waals surface area contributed by atoms with Crippen LogP contribution in [0.1, 0.15) is 45.1 Å². The molecule has 2 N–H and O–H groups in total. The monoisotopic (exact) mass is 275 g/mol. The zero-order valence-corrected chi connectivity index (χ0v) is 12.0. The molecule has 4 heteroatoms. The van der Waals surface area contributed by atoms with Gasteiger partial charge in [0.1, 0.15) is 5.54 Å². The molecular weight excluding hydrogens is 254 g/mol. The molecule has 0 radical (unpaired) electrons. The number of carboxylic acid groups (broad SMARTS) is 1. The molecule has 0 spiro atoms. The molecule has 0 atom stereocenters. The highest BCUT2D eigenvalue weighted by atomic mass is 16.4. The molecule has 20 heavy (non-hydrogen) atoms. The van der Waals surface area contributed by atoms with Gasteiger partial charge in [-0.25, -0.2) is 4.79 Å². The van der Waals surface area contributed by atoms with E-state index >= 15 is 0 Å². The van der Waals surface area contributed by atoms with Gasteiger partial charge in [0.25, 0.3) is 0 Å². The molecule has 0 bridgehead atoms. The zero-order valence-electron chi connectivity index (χ0n) is 12.0. The van der Waals surface area contributed by atoms with E-state index in [2.05, 4.69) is 5.32 Å². The molecule has 0 unspecified atom stereocenters. The molecule has 0 heterocycles. The second-order valence-corrected chi connectivity index (χ2v) is 6.22. The van der Waals surface area contributed by atoms with E-state index in [-0.39, 0.29) is 17.7 Å². The lowest BCUT2D eigenvalue weighted by Crippen LogP contribution is -2.59. The fraction of sp³-hybridized carbons (Fsp3) is 0.500. The third-order valence-electron chi connectivity index (χ3n) is 4.15. The molecular formula is C16H21NO3. The molecule has 1 amide bonds. The van der Waals surface area contributed by atoms with E-state index in [1.54, 1.807) is 0 Å². The van der Waals surface area contributed by atoms with Gasteiger partial charge in [-0.05, 0) is 30.2 Å². The summed E-state index contributed by atoms with van der Waals surface area (Å²) in [7, 11) is 0. The van der Waals surface area contributed by atoms with Crippen LogP contribution in [-0.4, -0.2) is 22.5 Å². The van der Waals surface area contributed by atoms with Crippen LogP contribution >= 0.6 is 0 Å². The number of hydrogen-bond donors (Lipinski definition) is 2. The van der Waals surface area contributed by atoms with Gasteiger partial charge in [-0.1, -0.05) is 44.2 Å². The van der Waals surface area contributed by atoms with Gasteiger partial charge < -0.3 is 10.4 Å². The first-order valence-corrected chi connectivity index (χ1v) is 6.96. The molecule has 1 saturated carbocycles. The molecule has 4 nitrogen and oxygen atoms in total. The second kappa shape index (κ2) is 5.27. The van der Waals surface area contributed by atoms with Crippen LogP contribution in [0.15, 0.2) is 30.3 Å². The SMILES string of the molecule is CC(C)(CC(=O)NC1(C(=O)O)CCC1)c1ccccc1. The number of nitrogens with one attached hydrogen (secondary N) is 1. The summed E-state index contributed by atoms with van der Waals surface area (Å²) < 4.78 is 0. The molecule has 108 valence electrons. The Kier molecular flexibility index (Phi) is 3.84. The van der Waals surface area contributed by atoms with E-state index in [4.69, 9.17) is 0 Å². The molecule has 1 aromatic carbocycles. The van der Waals surface area contributed by atoms with E-state index in [0.717, 1.165) is 12.0 Å². The van der Waals surface area contributed by atoms with E-state index < -0.39 is 11.5 Å². The summed E-state index contributed by atoms with van der Waals surface area (Å²) >= 11 is 0. The molecule has 1 aliphatic rings. The van der Waals surface area contributed by atoms with Crippen molar-refractivity contribution in [3.8, 4) is 0 Å². The summed E-state index contributed by atoms with van der Waals surface area (Å²) in [6.45, 7) is 3.99. The average molecular weight is 275 g/mol. The summed E-state index contributed by atoms with van der Waals surface area (Å²) in [5, 5.41) is 11.9. The Balaban J connectivity index is 2.03. The van der Waals surface area contributed by atoms with Gasteiger partial charge in [0.05, 0.1) is 0 Å². The van der Waals surface area contributed by atoms with Crippen LogP contribution < -0.4 is 5.32 Å². The predicted molar refractivity (Wildman–Crippen MR) is 76.4 cm³/mol. The van der Waals surface area contributed by atoms with E-state index in [9.17, 15) is 14.7 Å². The Labute approximate surface area is 119 Å². The highest BCUT2D eigenvalue weighted by Gasteiger charge is 2.46. The molecule has 1 fully saturated rings. The number of carbonyl (C=O) groups excluding carboxylic acids is 1. The van der Waals surface area contributed by atoms with Crippen LogP contribution in [-0.2, 0) is 15.0 Å². The summed E-state index contributed by atoms with van der Waals surface area (Å²) in [6, 6.07) is 9.81. The van der Waals surface area contributed by atoms with Gasteiger partial charge in [0.2, 0.25) is 5.91 Å². The highest BCUT2D eigenvalue weighted by molar-refractivity contribution is 5.88. The van der Waals surface area contributed by atoms with Crippen LogP contribution in [0, 0.1) is 0 Å². The van der Waals surface area contributed by atoms with Crippen molar-refractivity contribution in [1.82, 2.24) is 5.32 Å². The third kappa shape index (κ3) is 2.84. The minimum atomic E-state index is -1.02. The van der Waals surface area contributed by atoms with Gasteiger partial charge in [-0.3, -0.25) is 4.79 Å². The van der Waals surface area contributed by atoms with Crippen molar-refractivity contribution in [2.24, 2.45) is 0 Å². The van der Waals surface area contributed by atoms with Crippen molar-refractivity contribution in [3.63, 3.8) is 0 Å². The number of benzene rings is 1. The number of carboxylic acids is 1. The predicted octanol–water partition coefficient (Wildman–Crippen LogP) is 2.48. The Bertz CT molecular complexity index is 504. The number of hydrogen-bond acceptors (Lipinski definition) is 2. The molecule has 1 aromatic rings. The first-order chi connectivity index (χ1) is 9.36. The number of aliphatic carboxylic acids is 1. The minimum absolute atomic E-state index is 0.194. The summed E-state index contributed by atoms with van der Waals surface area (Å²) in [4.78, 5) is 23.4. The maximum Gasteiger partial charge on any atom is 0.329 e. The molecule has 2 rings (SSSR count). The fourth-order valence-corrected chi connectivity index (χ4v) is 2.63. The standard InChI is InChI=1S/C16H21NO3/c1-15(2,12-7-4-3-5-8-12)11-13(18)17-16(14(19)20)9-6-10-16/h3-5,7-8H,6,9-11H2,1-2H3,(H,17,18)(H,19,20). The van der Waals surface area contributed by atoms with Gasteiger partial charge in [-0.15, -0.1) is 0 Å². The largest absolute Gasteiger partial charge is 0.480 e. The van der Waals surface area contributed by atoms with Gasteiger partial charge >= 0.3 is 5.97 Å².